The van der Waals surface area contributed by atoms with Crippen LogP contribution in [0.5, 0.6) is 0 Å². The van der Waals surface area contributed by atoms with E-state index < -0.39 is 0 Å². The first-order valence-electron chi connectivity index (χ1n) is 5.02. The molecule has 3 N–H and O–H groups in total. The number of anilines is 3. The summed E-state index contributed by atoms with van der Waals surface area (Å²) in [5.41, 5.74) is 7.71. The van der Waals surface area contributed by atoms with Crippen molar-refractivity contribution in [3.05, 3.63) is 53.8 Å². The van der Waals surface area contributed by atoms with Gasteiger partial charge < -0.3 is 11.1 Å². The Balaban J connectivity index is 2.35. The van der Waals surface area contributed by atoms with E-state index in [0.717, 1.165) is 0 Å². The van der Waals surface area contributed by atoms with Crippen molar-refractivity contribution >= 4 is 17.1 Å². The standard InChI is InChI=1S/C13H10FN3/c14-10-5-6-13(11(16)7-10)17-12-4-2-1-3-9(12)8-15/h1-7,17H,16H2. The Morgan fingerprint density at radius 3 is 2.59 bits per heavy atom. The van der Waals surface area contributed by atoms with Crippen molar-refractivity contribution in [2.75, 3.05) is 11.1 Å². The first kappa shape index (κ1) is 11.0. The first-order valence-corrected chi connectivity index (χ1v) is 5.02. The molecule has 0 amide bonds. The third-order valence-corrected chi connectivity index (χ3v) is 2.33. The maximum absolute atomic E-state index is 12.9. The van der Waals surface area contributed by atoms with Gasteiger partial charge in [-0.3, -0.25) is 0 Å². The molecule has 0 aliphatic heterocycles. The van der Waals surface area contributed by atoms with E-state index in [4.69, 9.17) is 11.0 Å². The highest BCUT2D eigenvalue weighted by Crippen LogP contribution is 2.25. The van der Waals surface area contributed by atoms with Gasteiger partial charge in [-0.05, 0) is 30.3 Å². The zero-order valence-electron chi connectivity index (χ0n) is 8.94. The molecular formula is C13H10FN3. The molecule has 0 saturated heterocycles. The smallest absolute Gasteiger partial charge is 0.125 e. The molecule has 0 fully saturated rings. The van der Waals surface area contributed by atoms with Gasteiger partial charge in [0.15, 0.2) is 0 Å². The largest absolute Gasteiger partial charge is 0.397 e. The van der Waals surface area contributed by atoms with E-state index in [1.165, 1.54) is 12.1 Å². The van der Waals surface area contributed by atoms with Crippen molar-refractivity contribution in [2.24, 2.45) is 0 Å². The van der Waals surface area contributed by atoms with Crippen molar-refractivity contribution < 1.29 is 4.39 Å². The van der Waals surface area contributed by atoms with Crippen LogP contribution >= 0.6 is 0 Å². The maximum Gasteiger partial charge on any atom is 0.125 e. The van der Waals surface area contributed by atoms with Gasteiger partial charge in [0.1, 0.15) is 11.9 Å². The molecule has 0 atom stereocenters. The monoisotopic (exact) mass is 227 g/mol. The molecule has 84 valence electrons. The van der Waals surface area contributed by atoms with Crippen LogP contribution < -0.4 is 11.1 Å². The van der Waals surface area contributed by atoms with Crippen LogP contribution in [0.15, 0.2) is 42.5 Å². The van der Waals surface area contributed by atoms with Gasteiger partial charge in [0.2, 0.25) is 0 Å². The fraction of sp³-hybridized carbons (Fsp3) is 0. The highest BCUT2D eigenvalue weighted by molar-refractivity contribution is 5.75. The minimum atomic E-state index is -0.387. The van der Waals surface area contributed by atoms with Crippen LogP contribution in [0.3, 0.4) is 0 Å². The number of hydrogen-bond donors (Lipinski definition) is 2. The molecule has 2 rings (SSSR count). The summed E-state index contributed by atoms with van der Waals surface area (Å²) in [7, 11) is 0. The zero-order valence-corrected chi connectivity index (χ0v) is 8.94. The molecule has 0 heterocycles. The molecular weight excluding hydrogens is 217 g/mol. The molecule has 0 aliphatic rings. The predicted molar refractivity (Wildman–Crippen MR) is 65.3 cm³/mol. The van der Waals surface area contributed by atoms with E-state index in [2.05, 4.69) is 11.4 Å². The fourth-order valence-corrected chi connectivity index (χ4v) is 1.48. The van der Waals surface area contributed by atoms with Crippen LogP contribution in [0.2, 0.25) is 0 Å². The van der Waals surface area contributed by atoms with Crippen molar-refractivity contribution in [1.82, 2.24) is 0 Å². The van der Waals surface area contributed by atoms with E-state index >= 15 is 0 Å². The number of halogens is 1. The average molecular weight is 227 g/mol. The Kier molecular flexibility index (Phi) is 2.93. The molecule has 17 heavy (non-hydrogen) atoms. The number of nitrogens with one attached hydrogen (secondary N) is 1. The second-order valence-electron chi connectivity index (χ2n) is 3.51. The van der Waals surface area contributed by atoms with E-state index in [0.29, 0.717) is 22.6 Å². The number of rotatable bonds is 2. The molecule has 0 spiro atoms. The Bertz CT molecular complexity index is 587. The van der Waals surface area contributed by atoms with Crippen LogP contribution in [-0.2, 0) is 0 Å². The number of benzene rings is 2. The second-order valence-corrected chi connectivity index (χ2v) is 3.51. The summed E-state index contributed by atoms with van der Waals surface area (Å²) in [6.45, 7) is 0. The minimum absolute atomic E-state index is 0.303. The van der Waals surface area contributed by atoms with Crippen LogP contribution in [0.4, 0.5) is 21.5 Å². The molecule has 0 aromatic heterocycles. The van der Waals surface area contributed by atoms with E-state index in [1.54, 1.807) is 24.3 Å². The van der Waals surface area contributed by atoms with Gasteiger partial charge in [0.25, 0.3) is 0 Å². The Morgan fingerprint density at radius 1 is 1.12 bits per heavy atom. The number of nitriles is 1. The zero-order chi connectivity index (χ0) is 12.3. The van der Waals surface area contributed by atoms with Gasteiger partial charge in [0, 0.05) is 0 Å². The van der Waals surface area contributed by atoms with Crippen LogP contribution in [-0.4, -0.2) is 0 Å². The van der Waals surface area contributed by atoms with Crippen molar-refractivity contribution in [3.8, 4) is 6.07 Å². The minimum Gasteiger partial charge on any atom is -0.397 e. The Morgan fingerprint density at radius 2 is 1.88 bits per heavy atom. The lowest BCUT2D eigenvalue weighted by molar-refractivity contribution is 0.628. The van der Waals surface area contributed by atoms with Gasteiger partial charge in [0.05, 0.1) is 22.6 Å². The summed E-state index contributed by atoms with van der Waals surface area (Å²) in [5, 5.41) is 11.9. The lowest BCUT2D eigenvalue weighted by Crippen LogP contribution is -1.98. The summed E-state index contributed by atoms with van der Waals surface area (Å²) in [5.74, 6) is -0.387. The third-order valence-electron chi connectivity index (χ3n) is 2.33. The Labute approximate surface area is 98.3 Å². The van der Waals surface area contributed by atoms with Crippen LogP contribution in [0.25, 0.3) is 0 Å². The molecule has 0 aliphatic carbocycles. The number of hydrogen-bond acceptors (Lipinski definition) is 3. The van der Waals surface area contributed by atoms with Gasteiger partial charge in [-0.15, -0.1) is 0 Å². The first-order chi connectivity index (χ1) is 8.20. The lowest BCUT2D eigenvalue weighted by atomic mass is 10.2. The summed E-state index contributed by atoms with van der Waals surface area (Å²) < 4.78 is 12.9. The molecule has 3 nitrogen and oxygen atoms in total. The summed E-state index contributed by atoms with van der Waals surface area (Å²) in [6.07, 6.45) is 0. The molecule has 2 aromatic rings. The maximum atomic E-state index is 12.9. The van der Waals surface area contributed by atoms with Crippen molar-refractivity contribution in [2.45, 2.75) is 0 Å². The summed E-state index contributed by atoms with van der Waals surface area (Å²) in [6, 6.07) is 13.2. The number of nitrogens with two attached hydrogens (primary N) is 1. The van der Waals surface area contributed by atoms with E-state index in [-0.39, 0.29) is 5.82 Å². The molecule has 0 radical (unpaired) electrons. The Hall–Kier alpha value is -2.54. The normalized spacial score (nSPS) is 9.65. The second kappa shape index (κ2) is 4.54. The van der Waals surface area contributed by atoms with E-state index in [9.17, 15) is 4.39 Å². The van der Waals surface area contributed by atoms with Gasteiger partial charge in [-0.2, -0.15) is 5.26 Å². The fourth-order valence-electron chi connectivity index (χ4n) is 1.48. The lowest BCUT2D eigenvalue weighted by Gasteiger charge is -2.10. The molecule has 4 heteroatoms. The SMILES string of the molecule is N#Cc1ccccc1Nc1ccc(F)cc1N. The summed E-state index contributed by atoms with van der Waals surface area (Å²) >= 11 is 0. The van der Waals surface area contributed by atoms with Gasteiger partial charge >= 0.3 is 0 Å². The van der Waals surface area contributed by atoms with Crippen LogP contribution in [0, 0.1) is 17.1 Å². The van der Waals surface area contributed by atoms with Crippen molar-refractivity contribution in [3.63, 3.8) is 0 Å². The van der Waals surface area contributed by atoms with Gasteiger partial charge in [-0.25, -0.2) is 4.39 Å². The van der Waals surface area contributed by atoms with E-state index in [1.807, 2.05) is 6.07 Å². The third kappa shape index (κ3) is 2.34. The van der Waals surface area contributed by atoms with Crippen LogP contribution in [0.1, 0.15) is 5.56 Å². The highest BCUT2D eigenvalue weighted by atomic mass is 19.1. The quantitative estimate of drug-likeness (QED) is 0.775. The summed E-state index contributed by atoms with van der Waals surface area (Å²) in [4.78, 5) is 0. The highest BCUT2D eigenvalue weighted by Gasteiger charge is 2.04. The number of nitrogens with zero attached hydrogens (tertiary/aromatic N) is 1. The predicted octanol–water partition coefficient (Wildman–Crippen LogP) is 3.02. The van der Waals surface area contributed by atoms with Crippen molar-refractivity contribution in [1.29, 1.82) is 5.26 Å². The van der Waals surface area contributed by atoms with Gasteiger partial charge in [-0.1, -0.05) is 12.1 Å². The molecule has 0 bridgehead atoms. The topological polar surface area (TPSA) is 61.8 Å². The number of nitrogen functional groups attached to an aromatic ring is 1. The number of para-hydroxylation sites is 1. The molecule has 2 aromatic carbocycles. The molecule has 0 unspecified atom stereocenters. The average Bonchev–Trinajstić information content (AvgIpc) is 2.33. The molecule has 0 saturated carbocycles.